The molecule has 10 rings (SSSR count). The number of pyridine rings is 2. The molecule has 2 aromatic carbocycles. The number of amides is 1. The number of aliphatic carboxylic acids is 1. The molecular formula is C58H68N10O11. The molecule has 2 aliphatic heterocycles. The Morgan fingerprint density at radius 3 is 1.59 bits per heavy atom. The second-order valence-electron chi connectivity index (χ2n) is 20.1. The maximum Gasteiger partial charge on any atom is 0.309 e. The van der Waals surface area contributed by atoms with E-state index in [0.717, 1.165) is 103 Å². The van der Waals surface area contributed by atoms with Crippen molar-refractivity contribution in [1.29, 1.82) is 0 Å². The molecule has 4 N–H and O–H groups in total. The summed E-state index contributed by atoms with van der Waals surface area (Å²) in [5.41, 5.74) is 11.4. The molecule has 6 aromatic heterocycles. The quantitative estimate of drug-likeness (QED) is 0.0397. The van der Waals surface area contributed by atoms with Crippen molar-refractivity contribution in [2.24, 2.45) is 17.6 Å². The number of carboxylic acids is 1. The number of unbranched alkanes of at least 4 members (excludes halogenated alkanes) is 4. The molecule has 21 heteroatoms. The molecule has 2 saturated heterocycles. The van der Waals surface area contributed by atoms with E-state index >= 15 is 0 Å². The third-order valence-corrected chi connectivity index (χ3v) is 13.8. The number of fused-ring (bicyclic) bond motifs is 2. The second-order valence-corrected chi connectivity index (χ2v) is 20.1. The summed E-state index contributed by atoms with van der Waals surface area (Å²) in [5.74, 6) is 2.74. The van der Waals surface area contributed by atoms with Crippen LogP contribution in [0, 0.1) is 25.7 Å². The molecule has 2 fully saturated rings. The number of nitrogens with two attached hydrogens (primary N) is 1. The fourth-order valence-corrected chi connectivity index (χ4v) is 9.35. The van der Waals surface area contributed by atoms with Gasteiger partial charge in [-0.25, -0.2) is 19.9 Å². The number of carboxylic acid groups (broad SMARTS) is 1. The number of hydrogen-bond donors (Lipinski definition) is 3. The van der Waals surface area contributed by atoms with E-state index in [9.17, 15) is 19.2 Å². The molecule has 416 valence electrons. The van der Waals surface area contributed by atoms with Crippen molar-refractivity contribution in [2.45, 2.75) is 90.1 Å². The Morgan fingerprint density at radius 2 is 1.14 bits per heavy atom. The van der Waals surface area contributed by atoms with Crippen molar-refractivity contribution < 1.29 is 51.4 Å². The zero-order chi connectivity index (χ0) is 56.0. The highest BCUT2D eigenvalue weighted by molar-refractivity contribution is 5.92. The van der Waals surface area contributed by atoms with Crippen LogP contribution in [0.4, 0.5) is 0 Å². The van der Waals surface area contributed by atoms with Gasteiger partial charge in [0.25, 0.3) is 11.8 Å². The first-order valence-electron chi connectivity index (χ1n) is 26.5. The number of aryl methyl sites for hydroxylation is 2. The molecule has 8 heterocycles. The highest BCUT2D eigenvalue weighted by Crippen LogP contribution is 2.37. The second kappa shape index (κ2) is 27.0. The van der Waals surface area contributed by atoms with Gasteiger partial charge in [-0.3, -0.25) is 29.1 Å². The van der Waals surface area contributed by atoms with E-state index in [1.807, 2.05) is 81.4 Å². The molecule has 2 aliphatic rings. The molecule has 8 aromatic rings. The van der Waals surface area contributed by atoms with Gasteiger partial charge >= 0.3 is 5.97 Å². The molecule has 79 heavy (non-hydrogen) atoms. The van der Waals surface area contributed by atoms with Crippen LogP contribution < -0.4 is 20.5 Å². The van der Waals surface area contributed by atoms with E-state index in [-0.39, 0.29) is 53.2 Å². The van der Waals surface area contributed by atoms with Gasteiger partial charge < -0.3 is 53.1 Å². The molecule has 2 atom stereocenters. The van der Waals surface area contributed by atoms with E-state index in [4.69, 9.17) is 38.0 Å². The van der Waals surface area contributed by atoms with Gasteiger partial charge in [0, 0.05) is 73.3 Å². The highest BCUT2D eigenvalue weighted by Gasteiger charge is 2.33. The minimum atomic E-state index is -0.664. The van der Waals surface area contributed by atoms with E-state index in [1.54, 1.807) is 26.6 Å². The minimum Gasteiger partial charge on any atom is -0.496 e. The Bertz CT molecular complexity index is 3310. The van der Waals surface area contributed by atoms with Crippen LogP contribution in [0.15, 0.2) is 104 Å². The van der Waals surface area contributed by atoms with Crippen LogP contribution >= 0.6 is 0 Å². The molecule has 0 spiro atoms. The normalized spacial score (nSPS) is 14.5. The third-order valence-electron chi connectivity index (χ3n) is 13.8. The van der Waals surface area contributed by atoms with Crippen molar-refractivity contribution in [3.8, 4) is 34.1 Å². The molecular weight excluding hydrogens is 1010 g/mol. The Hall–Kier alpha value is -8.14. The van der Waals surface area contributed by atoms with E-state index in [0.29, 0.717) is 66.9 Å². The molecule has 0 aliphatic carbocycles. The Labute approximate surface area is 457 Å². The van der Waals surface area contributed by atoms with Gasteiger partial charge in [0.05, 0.1) is 79.0 Å². The lowest BCUT2D eigenvalue weighted by Crippen LogP contribution is -2.52. The number of aromatic nitrogens is 6. The molecule has 0 saturated carbocycles. The number of Topliss-reactive ketones (excluding diaryl/α,β-unsaturated/α-hetero) is 2. The maximum atomic E-state index is 12.9. The van der Waals surface area contributed by atoms with Crippen LogP contribution in [-0.4, -0.2) is 123 Å². The van der Waals surface area contributed by atoms with Gasteiger partial charge in [0.15, 0.2) is 11.5 Å². The number of ether oxygens (including phenoxy) is 2. The summed E-state index contributed by atoms with van der Waals surface area (Å²) in [6.45, 7) is 6.82. The summed E-state index contributed by atoms with van der Waals surface area (Å²) >= 11 is 0. The highest BCUT2D eigenvalue weighted by atomic mass is 16.5. The smallest absolute Gasteiger partial charge is 0.309 e. The summed E-state index contributed by atoms with van der Waals surface area (Å²) in [6.07, 6.45) is 16.0. The van der Waals surface area contributed by atoms with Crippen LogP contribution in [0.25, 0.3) is 44.5 Å². The number of carbonyl (C=O) groups excluding carboxylic acids is 3. The van der Waals surface area contributed by atoms with Crippen molar-refractivity contribution >= 4 is 45.2 Å². The Kier molecular flexibility index (Phi) is 19.5. The summed E-state index contributed by atoms with van der Waals surface area (Å²) in [4.78, 5) is 77.0. The van der Waals surface area contributed by atoms with Crippen molar-refractivity contribution in [3.63, 3.8) is 0 Å². The molecule has 0 radical (unpaired) electrons. The first-order chi connectivity index (χ1) is 38.2. The zero-order valence-electron chi connectivity index (χ0n) is 45.5. The van der Waals surface area contributed by atoms with Crippen LogP contribution in [0.3, 0.4) is 0 Å². The standard InChI is InChI=1S/C29H33N5O5.C24H26N4O4.C5H9NO2/c1-18-9-10-19-13-21(25(37-3)14-23(19)32-18)26-15-31-28(39-26)22(33-27(36)20-16-34(2)17-20)7-5-4-6-8-24(35)29-30-11-12-38-29;1-15-8-9-16-12-17(21(30-2)13-19(16)28-15)22-14-27-23(32-22)18(25)6-4-3-5-7-20(29)24-26-10-11-31-24;1-6-2-4(3-6)5(7)8/h9-15,20,22H,4-8,16-17H2,1-3H3,(H,33,36);8-14,18H,3-7,25H2,1-2H3;4H,2-3H2,1H3,(H,7,8)/t22-;18-;/m00./s1. The summed E-state index contributed by atoms with van der Waals surface area (Å²) < 4.78 is 33.5. The van der Waals surface area contributed by atoms with Gasteiger partial charge in [0.1, 0.15) is 30.1 Å². The monoisotopic (exact) mass is 1080 g/mol. The number of hydrogen-bond acceptors (Lipinski definition) is 19. The lowest BCUT2D eigenvalue weighted by atomic mass is 9.99. The van der Waals surface area contributed by atoms with E-state index < -0.39 is 5.97 Å². The number of rotatable bonds is 23. The number of ketones is 2. The molecule has 21 nitrogen and oxygen atoms in total. The predicted octanol–water partition coefficient (Wildman–Crippen LogP) is 9.41. The number of carbonyl (C=O) groups is 4. The first-order valence-corrected chi connectivity index (χ1v) is 26.5. The SMILES string of the molecule is CN1CC(C(=O)O)C1.COc1cc2nc(C)ccc2cc1-c1cnc([C@@H](N)CCCCCC(=O)c2ncco2)o1.COc1cc2nc(C)ccc2cc1-c1cnc([C@H](CCCCCC(=O)c2ncco2)NC(=O)C2CN(C)C2)o1. The van der Waals surface area contributed by atoms with Gasteiger partial charge in [-0.05, 0) is 77.9 Å². The van der Waals surface area contributed by atoms with E-state index in [1.165, 1.54) is 24.9 Å². The van der Waals surface area contributed by atoms with Crippen LogP contribution in [0.5, 0.6) is 11.5 Å². The van der Waals surface area contributed by atoms with Crippen LogP contribution in [0.2, 0.25) is 0 Å². The Morgan fingerprint density at radius 1 is 0.658 bits per heavy atom. The van der Waals surface area contributed by atoms with Gasteiger partial charge in [0.2, 0.25) is 29.3 Å². The predicted molar refractivity (Wildman–Crippen MR) is 292 cm³/mol. The van der Waals surface area contributed by atoms with Gasteiger partial charge in [-0.1, -0.05) is 37.8 Å². The summed E-state index contributed by atoms with van der Waals surface area (Å²) in [7, 11) is 7.15. The molecule has 0 bridgehead atoms. The summed E-state index contributed by atoms with van der Waals surface area (Å²) in [5, 5.41) is 13.4. The van der Waals surface area contributed by atoms with Crippen LogP contribution in [-0.2, 0) is 9.59 Å². The molecule has 0 unspecified atom stereocenters. The first kappa shape index (κ1) is 57.0. The maximum absolute atomic E-state index is 12.9. The van der Waals surface area contributed by atoms with Crippen LogP contribution in [0.1, 0.15) is 121 Å². The van der Waals surface area contributed by atoms with Crippen molar-refractivity contribution in [2.75, 3.05) is 54.5 Å². The van der Waals surface area contributed by atoms with Gasteiger partial charge in [-0.15, -0.1) is 0 Å². The number of nitrogens with zero attached hydrogens (tertiary/aromatic N) is 8. The van der Waals surface area contributed by atoms with E-state index in [2.05, 4.69) is 40.1 Å². The zero-order valence-corrected chi connectivity index (χ0v) is 45.5. The number of benzene rings is 2. The fraction of sp³-hybridized carbons (Fsp3) is 0.414. The lowest BCUT2D eigenvalue weighted by molar-refractivity contribution is -0.146. The third kappa shape index (κ3) is 15.1. The lowest BCUT2D eigenvalue weighted by Gasteiger charge is -2.35. The van der Waals surface area contributed by atoms with Gasteiger partial charge in [-0.2, -0.15) is 0 Å². The fourth-order valence-electron chi connectivity index (χ4n) is 9.35. The number of methoxy groups -OCH3 is 2. The molecule has 1 amide bonds. The average Bonchev–Trinajstić information content (AvgIpc) is 4.30. The number of likely N-dealkylation sites (tertiary alicyclic amines) is 2. The van der Waals surface area contributed by atoms with Crippen molar-refractivity contribution in [1.82, 2.24) is 45.0 Å². The Balaban J connectivity index is 0.000000185. The summed E-state index contributed by atoms with van der Waals surface area (Å²) in [6, 6.07) is 15.0. The van der Waals surface area contributed by atoms with Crippen molar-refractivity contribution in [3.05, 3.63) is 121 Å². The largest absolute Gasteiger partial charge is 0.496 e. The average molecular weight is 1080 g/mol. The minimum absolute atomic E-state index is 0.00153. The number of oxazole rings is 4. The topological polar surface area (TPSA) is 281 Å². The number of nitrogens with one attached hydrogen (secondary N) is 1.